The number of hydrogen-bond donors (Lipinski definition) is 3. The Morgan fingerprint density at radius 3 is 1.79 bits per heavy atom. The van der Waals surface area contributed by atoms with Crippen molar-refractivity contribution in [2.45, 2.75) is 39.3 Å². The molecule has 7 heteroatoms. The summed E-state index contributed by atoms with van der Waals surface area (Å²) < 4.78 is 30.7. The van der Waals surface area contributed by atoms with Gasteiger partial charge in [0.05, 0.1) is 6.61 Å². The SMILES string of the molecule is CCC(N)C(C)N.CCOS(=O)(=O)O. The molecule has 0 aliphatic rings. The van der Waals surface area contributed by atoms with Crippen LogP contribution in [0, 0.1) is 0 Å². The Hall–Kier alpha value is -0.210. The van der Waals surface area contributed by atoms with Crippen molar-refractivity contribution in [1.82, 2.24) is 0 Å². The summed E-state index contributed by atoms with van der Waals surface area (Å²) in [5.41, 5.74) is 10.9. The van der Waals surface area contributed by atoms with E-state index in [0.29, 0.717) is 0 Å². The molecule has 0 aliphatic carbocycles. The zero-order valence-corrected chi connectivity index (χ0v) is 9.62. The molecule has 0 fully saturated rings. The van der Waals surface area contributed by atoms with Gasteiger partial charge in [0, 0.05) is 12.1 Å². The summed E-state index contributed by atoms with van der Waals surface area (Å²) >= 11 is 0. The van der Waals surface area contributed by atoms with Crippen molar-refractivity contribution in [3.63, 3.8) is 0 Å². The monoisotopic (exact) mass is 228 g/mol. The van der Waals surface area contributed by atoms with E-state index in [1.54, 1.807) is 0 Å². The van der Waals surface area contributed by atoms with Crippen molar-refractivity contribution in [1.29, 1.82) is 0 Å². The molecule has 2 atom stereocenters. The highest BCUT2D eigenvalue weighted by atomic mass is 32.3. The van der Waals surface area contributed by atoms with Crippen LogP contribution in [0.15, 0.2) is 0 Å². The molecule has 2 unspecified atom stereocenters. The van der Waals surface area contributed by atoms with Crippen LogP contribution in [0.4, 0.5) is 0 Å². The van der Waals surface area contributed by atoms with Gasteiger partial charge in [-0.05, 0) is 20.3 Å². The predicted molar refractivity (Wildman–Crippen MR) is 55.1 cm³/mol. The van der Waals surface area contributed by atoms with Crippen LogP contribution in [0.3, 0.4) is 0 Å². The molecular formula is C7H20N2O4S. The lowest BCUT2D eigenvalue weighted by Crippen LogP contribution is -2.38. The van der Waals surface area contributed by atoms with E-state index >= 15 is 0 Å². The molecule has 0 rings (SSSR count). The normalized spacial score (nSPS) is 15.3. The van der Waals surface area contributed by atoms with Gasteiger partial charge in [0.15, 0.2) is 0 Å². The van der Waals surface area contributed by atoms with Crippen LogP contribution in [-0.4, -0.2) is 31.7 Å². The molecule has 0 saturated carbocycles. The van der Waals surface area contributed by atoms with Gasteiger partial charge in [-0.2, -0.15) is 8.42 Å². The Morgan fingerprint density at radius 1 is 1.36 bits per heavy atom. The molecule has 0 amide bonds. The van der Waals surface area contributed by atoms with Gasteiger partial charge in [0.25, 0.3) is 0 Å². The molecule has 0 radical (unpaired) electrons. The van der Waals surface area contributed by atoms with Crippen LogP contribution in [0.5, 0.6) is 0 Å². The largest absolute Gasteiger partial charge is 0.397 e. The Labute approximate surface area is 85.6 Å². The summed E-state index contributed by atoms with van der Waals surface area (Å²) in [6, 6.07) is 0.324. The molecule has 0 aromatic carbocycles. The fraction of sp³-hybridized carbons (Fsp3) is 1.00. The molecule has 6 nitrogen and oxygen atoms in total. The number of hydrogen-bond acceptors (Lipinski definition) is 5. The van der Waals surface area contributed by atoms with Gasteiger partial charge in [0.2, 0.25) is 0 Å². The second-order valence-electron chi connectivity index (χ2n) is 2.77. The Balaban J connectivity index is 0. The van der Waals surface area contributed by atoms with Crippen molar-refractivity contribution in [3.8, 4) is 0 Å². The zero-order chi connectivity index (χ0) is 11.8. The molecule has 0 aromatic heterocycles. The second-order valence-corrected chi connectivity index (χ2v) is 3.86. The first-order chi connectivity index (χ1) is 6.24. The minimum atomic E-state index is -4.17. The molecule has 0 saturated heterocycles. The standard InChI is InChI=1S/C5H14N2.C2H6O4S/c1-3-5(7)4(2)6;1-2-6-7(3,4)5/h4-5H,3,6-7H2,1-2H3;2H2,1H3,(H,3,4,5). The molecule has 88 valence electrons. The Morgan fingerprint density at radius 2 is 1.79 bits per heavy atom. The molecule has 0 bridgehead atoms. The quantitative estimate of drug-likeness (QED) is 0.578. The molecular weight excluding hydrogens is 208 g/mol. The van der Waals surface area contributed by atoms with Gasteiger partial charge in [-0.3, -0.25) is 4.55 Å². The van der Waals surface area contributed by atoms with E-state index in [0.717, 1.165) is 6.42 Å². The summed E-state index contributed by atoms with van der Waals surface area (Å²) in [5, 5.41) is 0. The second kappa shape index (κ2) is 8.13. The molecule has 5 N–H and O–H groups in total. The smallest absolute Gasteiger partial charge is 0.327 e. The summed E-state index contributed by atoms with van der Waals surface area (Å²) in [5.74, 6) is 0. The van der Waals surface area contributed by atoms with Gasteiger partial charge in [0.1, 0.15) is 0 Å². The third-order valence-electron chi connectivity index (χ3n) is 1.41. The van der Waals surface area contributed by atoms with Crippen LogP contribution in [0.25, 0.3) is 0 Å². The molecule has 0 spiro atoms. The highest BCUT2D eigenvalue weighted by molar-refractivity contribution is 7.80. The van der Waals surface area contributed by atoms with E-state index in [-0.39, 0.29) is 18.7 Å². The van der Waals surface area contributed by atoms with Gasteiger partial charge >= 0.3 is 10.4 Å². The maximum Gasteiger partial charge on any atom is 0.397 e. The van der Waals surface area contributed by atoms with E-state index in [1.165, 1.54) is 6.92 Å². The van der Waals surface area contributed by atoms with E-state index in [4.69, 9.17) is 16.0 Å². The molecule has 0 heterocycles. The summed E-state index contributed by atoms with van der Waals surface area (Å²) in [6.45, 7) is 5.40. The van der Waals surface area contributed by atoms with E-state index in [1.807, 2.05) is 13.8 Å². The van der Waals surface area contributed by atoms with Crippen molar-refractivity contribution < 1.29 is 17.2 Å². The molecule has 14 heavy (non-hydrogen) atoms. The third-order valence-corrected chi connectivity index (χ3v) is 1.95. The van der Waals surface area contributed by atoms with Gasteiger partial charge in [-0.1, -0.05) is 6.92 Å². The van der Waals surface area contributed by atoms with E-state index in [2.05, 4.69) is 4.18 Å². The van der Waals surface area contributed by atoms with Crippen LogP contribution >= 0.6 is 0 Å². The minimum absolute atomic E-state index is 0.0289. The van der Waals surface area contributed by atoms with E-state index < -0.39 is 10.4 Å². The summed E-state index contributed by atoms with van der Waals surface area (Å²) in [7, 11) is -4.17. The molecule has 0 aliphatic heterocycles. The third kappa shape index (κ3) is 14.3. The van der Waals surface area contributed by atoms with Crippen LogP contribution in [0.1, 0.15) is 27.2 Å². The Bertz CT molecular complexity index is 216. The van der Waals surface area contributed by atoms with Gasteiger partial charge in [-0.15, -0.1) is 0 Å². The lowest BCUT2D eigenvalue weighted by Gasteiger charge is -2.11. The van der Waals surface area contributed by atoms with Gasteiger partial charge < -0.3 is 11.5 Å². The topological polar surface area (TPSA) is 116 Å². The zero-order valence-electron chi connectivity index (χ0n) is 8.80. The highest BCUT2D eigenvalue weighted by Crippen LogP contribution is 1.88. The summed E-state index contributed by atoms with van der Waals surface area (Å²) in [6.07, 6.45) is 0.970. The van der Waals surface area contributed by atoms with Crippen molar-refractivity contribution in [2.75, 3.05) is 6.61 Å². The van der Waals surface area contributed by atoms with Crippen molar-refractivity contribution >= 4 is 10.4 Å². The minimum Gasteiger partial charge on any atom is -0.327 e. The first-order valence-corrected chi connectivity index (χ1v) is 5.74. The summed E-state index contributed by atoms with van der Waals surface area (Å²) in [4.78, 5) is 0. The highest BCUT2D eigenvalue weighted by Gasteiger charge is 2.01. The molecule has 0 aromatic rings. The van der Waals surface area contributed by atoms with E-state index in [9.17, 15) is 8.42 Å². The fourth-order valence-corrected chi connectivity index (χ4v) is 0.819. The predicted octanol–water partition coefficient (Wildman–Crippen LogP) is -0.103. The van der Waals surface area contributed by atoms with Crippen LogP contribution < -0.4 is 11.5 Å². The maximum atomic E-state index is 9.56. The van der Waals surface area contributed by atoms with Crippen LogP contribution in [0.2, 0.25) is 0 Å². The average molecular weight is 228 g/mol. The lowest BCUT2D eigenvalue weighted by molar-refractivity contribution is 0.283. The first-order valence-electron chi connectivity index (χ1n) is 4.37. The first kappa shape index (κ1) is 16.2. The maximum absolute atomic E-state index is 9.56. The van der Waals surface area contributed by atoms with Crippen molar-refractivity contribution in [2.24, 2.45) is 11.5 Å². The van der Waals surface area contributed by atoms with Crippen LogP contribution in [-0.2, 0) is 14.6 Å². The number of nitrogens with two attached hydrogens (primary N) is 2. The number of rotatable bonds is 4. The lowest BCUT2D eigenvalue weighted by atomic mass is 10.1. The van der Waals surface area contributed by atoms with Crippen molar-refractivity contribution in [3.05, 3.63) is 0 Å². The average Bonchev–Trinajstić information content (AvgIpc) is 2.01. The Kier molecular flexibility index (Phi) is 9.42. The fourth-order valence-electron chi connectivity index (χ4n) is 0.521. The van der Waals surface area contributed by atoms with Gasteiger partial charge in [-0.25, -0.2) is 4.18 Å².